The van der Waals surface area contributed by atoms with E-state index in [4.69, 9.17) is 10.5 Å². The van der Waals surface area contributed by atoms with Crippen LogP contribution in [0.15, 0.2) is 12.1 Å². The molecule has 0 aliphatic heterocycles. The molecule has 1 saturated carbocycles. The normalized spacial score (nSPS) is 17.4. The zero-order valence-corrected chi connectivity index (χ0v) is 9.01. The molecule has 0 heterocycles. The van der Waals surface area contributed by atoms with Gasteiger partial charge in [0.15, 0.2) is 11.6 Å². The van der Waals surface area contributed by atoms with Crippen molar-refractivity contribution in [1.82, 2.24) is 0 Å². The van der Waals surface area contributed by atoms with Gasteiger partial charge in [0.2, 0.25) is 0 Å². The molecule has 1 aliphatic rings. The van der Waals surface area contributed by atoms with Gasteiger partial charge in [-0.1, -0.05) is 6.42 Å². The maximum absolute atomic E-state index is 13.4. The fourth-order valence-corrected chi connectivity index (χ4v) is 2.00. The molecule has 0 saturated heterocycles. The fourth-order valence-electron chi connectivity index (χ4n) is 2.00. The monoisotopic (exact) mass is 227 g/mol. The Balaban J connectivity index is 2.11. The zero-order chi connectivity index (χ0) is 11.5. The van der Waals surface area contributed by atoms with Gasteiger partial charge in [-0.3, -0.25) is 0 Å². The molecule has 2 nitrogen and oxygen atoms in total. The van der Waals surface area contributed by atoms with E-state index in [2.05, 4.69) is 0 Å². The molecule has 88 valence electrons. The third-order valence-corrected chi connectivity index (χ3v) is 2.90. The number of halogens is 2. The quantitative estimate of drug-likeness (QED) is 0.787. The van der Waals surface area contributed by atoms with E-state index >= 15 is 0 Å². The number of hydrogen-bond acceptors (Lipinski definition) is 2. The molecule has 1 fully saturated rings. The Labute approximate surface area is 93.4 Å². The van der Waals surface area contributed by atoms with Crippen LogP contribution >= 0.6 is 0 Å². The largest absolute Gasteiger partial charge is 0.487 e. The van der Waals surface area contributed by atoms with E-state index in [0.29, 0.717) is 0 Å². The predicted octanol–water partition coefficient (Wildman–Crippen LogP) is 3.26. The van der Waals surface area contributed by atoms with Crippen molar-refractivity contribution in [2.24, 2.45) is 0 Å². The van der Waals surface area contributed by atoms with Crippen LogP contribution in [0.1, 0.15) is 32.1 Å². The van der Waals surface area contributed by atoms with Crippen molar-refractivity contribution < 1.29 is 13.5 Å². The van der Waals surface area contributed by atoms with Crippen LogP contribution in [0.2, 0.25) is 0 Å². The molecular weight excluding hydrogens is 212 g/mol. The molecule has 0 spiro atoms. The predicted molar refractivity (Wildman–Crippen MR) is 58.3 cm³/mol. The molecule has 0 aromatic heterocycles. The van der Waals surface area contributed by atoms with Crippen LogP contribution in [-0.2, 0) is 0 Å². The lowest BCUT2D eigenvalue weighted by Gasteiger charge is -2.23. The van der Waals surface area contributed by atoms with Crippen LogP contribution in [0, 0.1) is 11.6 Å². The first-order chi connectivity index (χ1) is 7.66. The Kier molecular flexibility index (Phi) is 3.27. The van der Waals surface area contributed by atoms with Gasteiger partial charge < -0.3 is 10.5 Å². The average molecular weight is 227 g/mol. The molecule has 0 atom stereocenters. The van der Waals surface area contributed by atoms with Crippen LogP contribution in [-0.4, -0.2) is 6.10 Å². The van der Waals surface area contributed by atoms with Crippen LogP contribution in [0.25, 0.3) is 0 Å². The number of ether oxygens (including phenoxy) is 1. The Hall–Kier alpha value is -1.32. The SMILES string of the molecule is Nc1cc(F)c(OC2CCCCC2)cc1F. The summed E-state index contributed by atoms with van der Waals surface area (Å²) < 4.78 is 32.0. The molecule has 2 rings (SSSR count). The van der Waals surface area contributed by atoms with Gasteiger partial charge in [0, 0.05) is 12.1 Å². The van der Waals surface area contributed by atoms with Gasteiger partial charge in [-0.15, -0.1) is 0 Å². The summed E-state index contributed by atoms with van der Waals surface area (Å²) in [5.74, 6) is -1.25. The third-order valence-electron chi connectivity index (χ3n) is 2.90. The first kappa shape index (κ1) is 11.2. The van der Waals surface area contributed by atoms with Crippen LogP contribution in [0.4, 0.5) is 14.5 Å². The zero-order valence-electron chi connectivity index (χ0n) is 9.01. The fraction of sp³-hybridized carbons (Fsp3) is 0.500. The highest BCUT2D eigenvalue weighted by Gasteiger charge is 2.17. The van der Waals surface area contributed by atoms with Crippen molar-refractivity contribution in [2.75, 3.05) is 5.73 Å². The van der Waals surface area contributed by atoms with E-state index in [0.717, 1.165) is 37.8 Å². The maximum Gasteiger partial charge on any atom is 0.167 e. The van der Waals surface area contributed by atoms with Crippen molar-refractivity contribution >= 4 is 5.69 Å². The second-order valence-electron chi connectivity index (χ2n) is 4.18. The standard InChI is InChI=1S/C12H15F2NO/c13-9-7-12(10(14)6-11(9)15)16-8-4-2-1-3-5-8/h6-8H,1-5,15H2. The lowest BCUT2D eigenvalue weighted by Crippen LogP contribution is -2.20. The second-order valence-corrected chi connectivity index (χ2v) is 4.18. The first-order valence-electron chi connectivity index (χ1n) is 5.58. The van der Waals surface area contributed by atoms with E-state index in [1.165, 1.54) is 6.42 Å². The molecule has 0 unspecified atom stereocenters. The molecule has 0 bridgehead atoms. The number of nitrogen functional groups attached to an aromatic ring is 1. The topological polar surface area (TPSA) is 35.2 Å². The van der Waals surface area contributed by atoms with Crippen molar-refractivity contribution in [1.29, 1.82) is 0 Å². The minimum absolute atomic E-state index is 0.00581. The summed E-state index contributed by atoms with van der Waals surface area (Å²) in [7, 11) is 0. The highest BCUT2D eigenvalue weighted by molar-refractivity contribution is 5.44. The third kappa shape index (κ3) is 2.43. The summed E-state index contributed by atoms with van der Waals surface area (Å²) in [5, 5.41) is 0. The van der Waals surface area contributed by atoms with E-state index < -0.39 is 11.6 Å². The van der Waals surface area contributed by atoms with Crippen molar-refractivity contribution in [3.05, 3.63) is 23.8 Å². The van der Waals surface area contributed by atoms with Gasteiger partial charge in [0.1, 0.15) is 5.82 Å². The summed E-state index contributed by atoms with van der Waals surface area (Å²) in [6.45, 7) is 0. The molecule has 0 radical (unpaired) electrons. The van der Waals surface area contributed by atoms with E-state index in [1.807, 2.05) is 0 Å². The van der Waals surface area contributed by atoms with E-state index in [1.54, 1.807) is 0 Å². The first-order valence-corrected chi connectivity index (χ1v) is 5.58. The molecule has 4 heteroatoms. The summed E-state index contributed by atoms with van der Waals surface area (Å²) in [4.78, 5) is 0. The summed E-state index contributed by atoms with van der Waals surface area (Å²) >= 11 is 0. The van der Waals surface area contributed by atoms with E-state index in [9.17, 15) is 8.78 Å². The van der Waals surface area contributed by atoms with Crippen LogP contribution in [0.5, 0.6) is 5.75 Å². The molecule has 1 aromatic carbocycles. The number of rotatable bonds is 2. The molecular formula is C12H15F2NO. The van der Waals surface area contributed by atoms with Gasteiger partial charge in [0.05, 0.1) is 11.8 Å². The Morgan fingerprint density at radius 2 is 1.75 bits per heavy atom. The Morgan fingerprint density at radius 1 is 1.06 bits per heavy atom. The smallest absolute Gasteiger partial charge is 0.167 e. The molecule has 16 heavy (non-hydrogen) atoms. The van der Waals surface area contributed by atoms with Crippen molar-refractivity contribution in [2.45, 2.75) is 38.2 Å². The van der Waals surface area contributed by atoms with Crippen molar-refractivity contribution in [3.63, 3.8) is 0 Å². The lowest BCUT2D eigenvalue weighted by atomic mass is 9.98. The molecule has 1 aromatic rings. The van der Waals surface area contributed by atoms with E-state index in [-0.39, 0.29) is 17.5 Å². The van der Waals surface area contributed by atoms with Gasteiger partial charge in [0.25, 0.3) is 0 Å². The second kappa shape index (κ2) is 4.68. The van der Waals surface area contributed by atoms with Gasteiger partial charge >= 0.3 is 0 Å². The minimum atomic E-state index is -0.632. The molecule has 0 amide bonds. The van der Waals surface area contributed by atoms with Gasteiger partial charge in [-0.2, -0.15) is 0 Å². The maximum atomic E-state index is 13.4. The Bertz CT molecular complexity index is 376. The summed E-state index contributed by atoms with van der Waals surface area (Å²) in [6.07, 6.45) is 5.19. The number of nitrogens with two attached hydrogens (primary N) is 1. The number of benzene rings is 1. The average Bonchev–Trinajstić information content (AvgIpc) is 2.27. The van der Waals surface area contributed by atoms with Gasteiger partial charge in [-0.25, -0.2) is 8.78 Å². The highest BCUT2D eigenvalue weighted by Crippen LogP contribution is 2.27. The molecule has 1 aliphatic carbocycles. The Morgan fingerprint density at radius 3 is 2.44 bits per heavy atom. The van der Waals surface area contributed by atoms with Crippen LogP contribution < -0.4 is 10.5 Å². The number of hydrogen-bond donors (Lipinski definition) is 1. The number of anilines is 1. The van der Waals surface area contributed by atoms with Crippen LogP contribution in [0.3, 0.4) is 0 Å². The lowest BCUT2D eigenvalue weighted by molar-refractivity contribution is 0.148. The van der Waals surface area contributed by atoms with Crippen molar-refractivity contribution in [3.8, 4) is 5.75 Å². The minimum Gasteiger partial charge on any atom is -0.487 e. The van der Waals surface area contributed by atoms with Gasteiger partial charge in [-0.05, 0) is 25.7 Å². The summed E-state index contributed by atoms with van der Waals surface area (Å²) in [5.41, 5.74) is 5.07. The highest BCUT2D eigenvalue weighted by atomic mass is 19.1. The molecule has 2 N–H and O–H groups in total. The summed E-state index contributed by atoms with van der Waals surface area (Å²) in [6, 6.07) is 1.99.